The van der Waals surface area contributed by atoms with Crippen molar-refractivity contribution in [3.05, 3.63) is 64.7 Å². The van der Waals surface area contributed by atoms with Crippen molar-refractivity contribution in [1.82, 2.24) is 0 Å². The number of nitrogens with zero attached hydrogens (tertiary/aromatic N) is 1. The zero-order valence-corrected chi connectivity index (χ0v) is 11.9. The van der Waals surface area contributed by atoms with E-state index in [2.05, 4.69) is 0 Å². The number of benzene rings is 2. The summed E-state index contributed by atoms with van der Waals surface area (Å²) >= 11 is 0. The highest BCUT2D eigenvalue weighted by molar-refractivity contribution is 6.13. The lowest BCUT2D eigenvalue weighted by Gasteiger charge is -2.29. The maximum atomic E-state index is 13.5. The van der Waals surface area contributed by atoms with E-state index < -0.39 is 11.6 Å². The first-order valence-electron chi connectivity index (χ1n) is 6.89. The molecule has 22 heavy (non-hydrogen) atoms. The fourth-order valence-electron chi connectivity index (χ4n) is 2.62. The molecule has 2 aromatic carbocycles. The Hall–Kier alpha value is -2.56. The lowest BCUT2D eigenvalue weighted by molar-refractivity contribution is 0.0954. The first-order valence-corrected chi connectivity index (χ1v) is 6.89. The standard InChI is InChI=1S/C17H13F2NO2/c1-10-4-2-3-5-11(10)17(22)20-7-6-16(21)12-8-13(18)14(19)9-15(12)20/h2-5,8-9H,6-7H2,1H3. The van der Waals surface area contributed by atoms with E-state index in [-0.39, 0.29) is 35.9 Å². The van der Waals surface area contributed by atoms with Gasteiger partial charge in [0.1, 0.15) is 0 Å². The summed E-state index contributed by atoms with van der Waals surface area (Å²) in [6, 6.07) is 8.81. The average molecular weight is 301 g/mol. The lowest BCUT2D eigenvalue weighted by atomic mass is 9.98. The minimum Gasteiger partial charge on any atom is -0.307 e. The monoisotopic (exact) mass is 301 g/mol. The number of carbonyl (C=O) groups is 2. The molecule has 0 N–H and O–H groups in total. The second-order valence-corrected chi connectivity index (χ2v) is 5.23. The number of aryl methyl sites for hydroxylation is 1. The van der Waals surface area contributed by atoms with Crippen LogP contribution in [-0.4, -0.2) is 18.2 Å². The van der Waals surface area contributed by atoms with Crippen LogP contribution in [0.15, 0.2) is 36.4 Å². The number of hydrogen-bond acceptors (Lipinski definition) is 2. The van der Waals surface area contributed by atoms with E-state index in [4.69, 9.17) is 0 Å². The summed E-state index contributed by atoms with van der Waals surface area (Å²) < 4.78 is 26.9. The van der Waals surface area contributed by atoms with Crippen molar-refractivity contribution in [3.8, 4) is 0 Å². The van der Waals surface area contributed by atoms with Gasteiger partial charge in [-0.25, -0.2) is 8.78 Å². The number of rotatable bonds is 1. The third-order valence-corrected chi connectivity index (χ3v) is 3.81. The summed E-state index contributed by atoms with van der Waals surface area (Å²) in [6.07, 6.45) is 0.0929. The fourth-order valence-corrected chi connectivity index (χ4v) is 2.62. The van der Waals surface area contributed by atoms with Crippen LogP contribution >= 0.6 is 0 Å². The molecule has 0 atom stereocenters. The Kier molecular flexibility index (Phi) is 3.48. The van der Waals surface area contributed by atoms with Crippen LogP contribution in [0.1, 0.15) is 32.7 Å². The molecule has 0 aliphatic carbocycles. The van der Waals surface area contributed by atoms with Gasteiger partial charge in [0.05, 0.1) is 5.69 Å². The molecule has 0 fully saturated rings. The third-order valence-electron chi connectivity index (χ3n) is 3.81. The molecule has 0 saturated heterocycles. The van der Waals surface area contributed by atoms with Crippen molar-refractivity contribution < 1.29 is 18.4 Å². The van der Waals surface area contributed by atoms with Crippen LogP contribution in [0.2, 0.25) is 0 Å². The van der Waals surface area contributed by atoms with Gasteiger partial charge >= 0.3 is 0 Å². The molecule has 1 heterocycles. The number of Topliss-reactive ketones (excluding diaryl/α,β-unsaturated/α-hetero) is 1. The molecule has 0 unspecified atom stereocenters. The molecular weight excluding hydrogens is 288 g/mol. The molecule has 112 valence electrons. The molecule has 3 nitrogen and oxygen atoms in total. The smallest absolute Gasteiger partial charge is 0.258 e. The van der Waals surface area contributed by atoms with Gasteiger partial charge < -0.3 is 4.90 Å². The van der Waals surface area contributed by atoms with Crippen molar-refractivity contribution in [2.45, 2.75) is 13.3 Å². The highest BCUT2D eigenvalue weighted by Crippen LogP contribution is 2.31. The summed E-state index contributed by atoms with van der Waals surface area (Å²) in [6.45, 7) is 1.96. The summed E-state index contributed by atoms with van der Waals surface area (Å²) in [7, 11) is 0. The topological polar surface area (TPSA) is 37.4 Å². The molecule has 1 aliphatic heterocycles. The van der Waals surface area contributed by atoms with E-state index >= 15 is 0 Å². The zero-order valence-electron chi connectivity index (χ0n) is 11.9. The van der Waals surface area contributed by atoms with Gasteiger partial charge in [-0.3, -0.25) is 9.59 Å². The van der Waals surface area contributed by atoms with E-state index in [1.165, 1.54) is 4.90 Å². The first-order chi connectivity index (χ1) is 10.5. The average Bonchev–Trinajstić information content (AvgIpc) is 2.50. The maximum Gasteiger partial charge on any atom is 0.258 e. The van der Waals surface area contributed by atoms with Crippen molar-refractivity contribution in [2.24, 2.45) is 0 Å². The van der Waals surface area contributed by atoms with Crippen LogP contribution in [0, 0.1) is 18.6 Å². The molecule has 5 heteroatoms. The molecule has 0 bridgehead atoms. The predicted octanol–water partition coefficient (Wildman–Crippen LogP) is 3.51. The van der Waals surface area contributed by atoms with Crippen molar-refractivity contribution >= 4 is 17.4 Å². The quantitative estimate of drug-likeness (QED) is 0.808. The molecule has 3 rings (SSSR count). The minimum atomic E-state index is -1.09. The van der Waals surface area contributed by atoms with Crippen molar-refractivity contribution in [1.29, 1.82) is 0 Å². The summed E-state index contributed by atoms with van der Waals surface area (Å²) in [4.78, 5) is 25.9. The highest BCUT2D eigenvalue weighted by atomic mass is 19.2. The summed E-state index contributed by atoms with van der Waals surface area (Å²) in [5.74, 6) is -2.77. The van der Waals surface area contributed by atoms with E-state index in [1.54, 1.807) is 25.1 Å². The van der Waals surface area contributed by atoms with Crippen LogP contribution in [0.5, 0.6) is 0 Å². The number of amides is 1. The highest BCUT2D eigenvalue weighted by Gasteiger charge is 2.30. The molecule has 0 aromatic heterocycles. The lowest BCUT2D eigenvalue weighted by Crippen LogP contribution is -2.38. The van der Waals surface area contributed by atoms with E-state index in [1.807, 2.05) is 6.07 Å². The number of halogens is 2. The SMILES string of the molecule is Cc1ccccc1C(=O)N1CCC(=O)c2cc(F)c(F)cc21. The van der Waals surface area contributed by atoms with Gasteiger partial charge in [-0.1, -0.05) is 18.2 Å². The Balaban J connectivity index is 2.09. The van der Waals surface area contributed by atoms with Crippen LogP contribution in [-0.2, 0) is 0 Å². The molecule has 0 saturated carbocycles. The van der Waals surface area contributed by atoms with Crippen molar-refractivity contribution in [3.63, 3.8) is 0 Å². The van der Waals surface area contributed by atoms with Crippen LogP contribution < -0.4 is 4.90 Å². The third kappa shape index (κ3) is 2.28. The second-order valence-electron chi connectivity index (χ2n) is 5.23. The Morgan fingerprint density at radius 2 is 1.82 bits per heavy atom. The van der Waals surface area contributed by atoms with Crippen molar-refractivity contribution in [2.75, 3.05) is 11.4 Å². The van der Waals surface area contributed by atoms with E-state index in [0.717, 1.165) is 17.7 Å². The van der Waals surface area contributed by atoms with Crippen LogP contribution in [0.3, 0.4) is 0 Å². The Labute approximate surface area is 126 Å². The molecule has 0 spiro atoms. The molecular formula is C17H13F2NO2. The van der Waals surface area contributed by atoms with E-state index in [0.29, 0.717) is 5.56 Å². The number of anilines is 1. The molecule has 1 amide bonds. The van der Waals surface area contributed by atoms with Crippen LogP contribution in [0.4, 0.5) is 14.5 Å². The molecule has 0 radical (unpaired) electrons. The fraction of sp³-hybridized carbons (Fsp3) is 0.176. The van der Waals surface area contributed by atoms with Gasteiger partial charge in [0.15, 0.2) is 17.4 Å². The Morgan fingerprint density at radius 3 is 2.55 bits per heavy atom. The van der Waals surface area contributed by atoms with E-state index in [9.17, 15) is 18.4 Å². The summed E-state index contributed by atoms with van der Waals surface area (Å²) in [5.41, 5.74) is 1.44. The Bertz CT molecular complexity index is 786. The second kappa shape index (κ2) is 5.33. The van der Waals surface area contributed by atoms with Gasteiger partial charge in [0.2, 0.25) is 0 Å². The van der Waals surface area contributed by atoms with Gasteiger partial charge in [0, 0.05) is 30.2 Å². The molecule has 2 aromatic rings. The number of fused-ring (bicyclic) bond motifs is 1. The zero-order chi connectivity index (χ0) is 15.9. The first kappa shape index (κ1) is 14.4. The normalized spacial score (nSPS) is 14.0. The number of carbonyl (C=O) groups excluding carboxylic acids is 2. The van der Waals surface area contributed by atoms with Gasteiger partial charge in [-0.15, -0.1) is 0 Å². The summed E-state index contributed by atoms with van der Waals surface area (Å²) in [5, 5.41) is 0. The Morgan fingerprint density at radius 1 is 1.14 bits per heavy atom. The minimum absolute atomic E-state index is 0.0482. The van der Waals surface area contributed by atoms with Gasteiger partial charge in [-0.2, -0.15) is 0 Å². The largest absolute Gasteiger partial charge is 0.307 e. The number of ketones is 1. The van der Waals surface area contributed by atoms with Crippen LogP contribution in [0.25, 0.3) is 0 Å². The number of hydrogen-bond donors (Lipinski definition) is 0. The van der Waals surface area contributed by atoms with Gasteiger partial charge in [-0.05, 0) is 24.6 Å². The van der Waals surface area contributed by atoms with Gasteiger partial charge in [0.25, 0.3) is 5.91 Å². The molecule has 1 aliphatic rings. The predicted molar refractivity (Wildman–Crippen MR) is 78.2 cm³/mol. The maximum absolute atomic E-state index is 13.5.